The molecule has 30 heavy (non-hydrogen) atoms. The minimum atomic E-state index is -2.10. The van der Waals surface area contributed by atoms with Gasteiger partial charge in [0.1, 0.15) is 23.6 Å². The minimum absolute atomic E-state index is 0.00528. The van der Waals surface area contributed by atoms with Crippen molar-refractivity contribution in [3.05, 3.63) is 22.7 Å². The van der Waals surface area contributed by atoms with E-state index in [2.05, 4.69) is 44.2 Å². The second kappa shape index (κ2) is 8.75. The largest absolute Gasteiger partial charge is 0.450 e. The number of anilines is 1. The summed E-state index contributed by atoms with van der Waals surface area (Å²) in [6.07, 6.45) is -2.65. The van der Waals surface area contributed by atoms with E-state index in [0.717, 1.165) is 4.57 Å². The third kappa shape index (κ3) is 5.09. The van der Waals surface area contributed by atoms with E-state index in [1.807, 2.05) is 0 Å². The maximum absolute atomic E-state index is 12.5. The van der Waals surface area contributed by atoms with Crippen molar-refractivity contribution in [3.8, 4) is 0 Å². The van der Waals surface area contributed by atoms with Gasteiger partial charge < -0.3 is 24.1 Å². The Morgan fingerprint density at radius 3 is 2.60 bits per heavy atom. The first-order chi connectivity index (χ1) is 13.7. The highest BCUT2D eigenvalue weighted by Gasteiger charge is 2.54. The van der Waals surface area contributed by atoms with Gasteiger partial charge in [-0.05, 0) is 38.0 Å². The van der Waals surface area contributed by atoms with Gasteiger partial charge in [0, 0.05) is 6.20 Å². The van der Waals surface area contributed by atoms with Crippen LogP contribution in [-0.2, 0) is 13.9 Å². The molecule has 11 heteroatoms. The number of carbonyl (C=O) groups excluding carboxylic acids is 1. The predicted molar refractivity (Wildman–Crippen MR) is 113 cm³/mol. The lowest BCUT2D eigenvalue weighted by Crippen LogP contribution is -2.48. The Morgan fingerprint density at radius 1 is 1.43 bits per heavy atom. The standard InChI is InChI=1S/C19H33N3O7Si/c1-8-27-17(25)21-13-9-10-22(16(24)20-13)15-19(5,26)14(23)12(29-15)11-28-30(6,7)18(2,3)4/h9-10,12,14-15,23,26H,8,11H2,1-7H3,(H,20,21,24,25)/t12-,14-,15-,19-/m1/s1. The number of amides is 1. The molecule has 0 unspecified atom stereocenters. The molecular formula is C19H33N3O7Si. The molecule has 0 aliphatic carbocycles. The summed E-state index contributed by atoms with van der Waals surface area (Å²) in [5.41, 5.74) is -2.50. The van der Waals surface area contributed by atoms with Crippen LogP contribution in [0.25, 0.3) is 0 Å². The highest BCUT2D eigenvalue weighted by atomic mass is 28.4. The summed E-state index contributed by atoms with van der Waals surface area (Å²) < 4.78 is 17.8. The quantitative estimate of drug-likeness (QED) is 0.568. The van der Waals surface area contributed by atoms with Crippen molar-refractivity contribution in [1.29, 1.82) is 0 Å². The summed E-state index contributed by atoms with van der Waals surface area (Å²) in [4.78, 5) is 27.7. The van der Waals surface area contributed by atoms with Gasteiger partial charge in [0.15, 0.2) is 14.5 Å². The first kappa shape index (κ1) is 24.5. The average molecular weight is 444 g/mol. The molecular weight excluding hydrogens is 410 g/mol. The van der Waals surface area contributed by atoms with E-state index in [9.17, 15) is 19.8 Å². The topological polar surface area (TPSA) is 132 Å². The maximum Gasteiger partial charge on any atom is 0.412 e. The Morgan fingerprint density at radius 2 is 2.07 bits per heavy atom. The Balaban J connectivity index is 2.18. The molecule has 0 radical (unpaired) electrons. The summed E-state index contributed by atoms with van der Waals surface area (Å²) in [6, 6.07) is 1.38. The molecule has 3 N–H and O–H groups in total. The SMILES string of the molecule is CCOC(=O)Nc1ccn([C@@H]2O[C@H](CO[Si](C)(C)C(C)(C)C)[C@@H](O)[C@@]2(C)O)c(=O)n1. The number of carbonyl (C=O) groups is 1. The molecule has 0 bridgehead atoms. The fourth-order valence-corrected chi connectivity index (χ4v) is 3.83. The van der Waals surface area contributed by atoms with Gasteiger partial charge in [-0.3, -0.25) is 9.88 Å². The van der Waals surface area contributed by atoms with Crippen LogP contribution in [0.2, 0.25) is 18.1 Å². The lowest BCUT2D eigenvalue weighted by atomic mass is 9.96. The number of rotatable bonds is 6. The maximum atomic E-state index is 12.5. The fourth-order valence-electron chi connectivity index (χ4n) is 2.82. The Kier molecular flexibility index (Phi) is 7.14. The minimum Gasteiger partial charge on any atom is -0.450 e. The molecule has 1 aliphatic rings. The molecule has 170 valence electrons. The van der Waals surface area contributed by atoms with Crippen molar-refractivity contribution in [2.75, 3.05) is 18.5 Å². The van der Waals surface area contributed by atoms with Crippen LogP contribution in [0.1, 0.15) is 40.8 Å². The number of hydrogen-bond donors (Lipinski definition) is 3. The van der Waals surface area contributed by atoms with Gasteiger partial charge in [0.05, 0.1) is 13.2 Å². The fraction of sp³-hybridized carbons (Fsp3) is 0.737. The van der Waals surface area contributed by atoms with Crippen LogP contribution in [0.4, 0.5) is 10.6 Å². The van der Waals surface area contributed by atoms with Crippen LogP contribution in [-0.4, -0.2) is 65.2 Å². The number of nitrogens with one attached hydrogen (secondary N) is 1. The van der Waals surface area contributed by atoms with E-state index in [-0.39, 0.29) is 24.1 Å². The lowest BCUT2D eigenvalue weighted by molar-refractivity contribution is -0.0985. The van der Waals surface area contributed by atoms with E-state index in [1.54, 1.807) is 6.92 Å². The van der Waals surface area contributed by atoms with Gasteiger partial charge in [0.2, 0.25) is 0 Å². The van der Waals surface area contributed by atoms with Crippen molar-refractivity contribution < 1.29 is 28.9 Å². The van der Waals surface area contributed by atoms with Crippen LogP contribution in [0, 0.1) is 0 Å². The normalized spacial score (nSPS) is 27.2. The Bertz CT molecular complexity index is 819. The van der Waals surface area contributed by atoms with Gasteiger partial charge in [-0.1, -0.05) is 20.8 Å². The summed E-state index contributed by atoms with van der Waals surface area (Å²) in [6.45, 7) is 13.8. The molecule has 2 rings (SSSR count). The third-order valence-electron chi connectivity index (χ3n) is 5.76. The highest BCUT2D eigenvalue weighted by Crippen LogP contribution is 2.40. The van der Waals surface area contributed by atoms with Gasteiger partial charge in [-0.25, -0.2) is 9.59 Å². The molecule has 10 nitrogen and oxygen atoms in total. The second-order valence-electron chi connectivity index (χ2n) is 9.12. The summed E-state index contributed by atoms with van der Waals surface area (Å²) in [7, 11) is -2.10. The number of aliphatic hydroxyl groups is 2. The summed E-state index contributed by atoms with van der Waals surface area (Å²) >= 11 is 0. The predicted octanol–water partition coefficient (Wildman–Crippen LogP) is 1.84. The molecule has 4 atom stereocenters. The van der Waals surface area contributed by atoms with Crippen molar-refractivity contribution in [1.82, 2.24) is 9.55 Å². The van der Waals surface area contributed by atoms with Crippen molar-refractivity contribution in [2.24, 2.45) is 0 Å². The molecule has 2 heterocycles. The van der Waals surface area contributed by atoms with E-state index < -0.39 is 44.1 Å². The lowest BCUT2D eigenvalue weighted by Gasteiger charge is -2.37. The zero-order chi connectivity index (χ0) is 22.9. The third-order valence-corrected chi connectivity index (χ3v) is 10.3. The van der Waals surface area contributed by atoms with Crippen molar-refractivity contribution in [2.45, 2.75) is 76.8 Å². The van der Waals surface area contributed by atoms with E-state index in [0.29, 0.717) is 0 Å². The van der Waals surface area contributed by atoms with Gasteiger partial charge >= 0.3 is 11.8 Å². The zero-order valence-electron chi connectivity index (χ0n) is 18.6. The van der Waals surface area contributed by atoms with Crippen molar-refractivity contribution in [3.63, 3.8) is 0 Å². The Hall–Kier alpha value is -1.79. The summed E-state index contributed by atoms with van der Waals surface area (Å²) in [5, 5.41) is 23.8. The molecule has 1 fully saturated rings. The molecule has 0 saturated carbocycles. The first-order valence-electron chi connectivity index (χ1n) is 9.93. The molecule has 1 amide bonds. The van der Waals surface area contributed by atoms with Crippen LogP contribution in [0.3, 0.4) is 0 Å². The highest BCUT2D eigenvalue weighted by molar-refractivity contribution is 6.74. The zero-order valence-corrected chi connectivity index (χ0v) is 19.6. The van der Waals surface area contributed by atoms with Gasteiger partial charge in [-0.2, -0.15) is 4.98 Å². The number of nitrogens with zero attached hydrogens (tertiary/aromatic N) is 2. The van der Waals surface area contributed by atoms with Crippen LogP contribution in [0.5, 0.6) is 0 Å². The monoisotopic (exact) mass is 443 g/mol. The van der Waals surface area contributed by atoms with Crippen LogP contribution >= 0.6 is 0 Å². The van der Waals surface area contributed by atoms with E-state index in [4.69, 9.17) is 13.9 Å². The van der Waals surface area contributed by atoms with E-state index in [1.165, 1.54) is 19.2 Å². The smallest absolute Gasteiger partial charge is 0.412 e. The number of hydrogen-bond acceptors (Lipinski definition) is 8. The van der Waals surface area contributed by atoms with Crippen LogP contribution in [0.15, 0.2) is 17.1 Å². The average Bonchev–Trinajstić information content (AvgIpc) is 2.83. The molecule has 1 aromatic rings. The van der Waals surface area contributed by atoms with Gasteiger partial charge in [0.25, 0.3) is 0 Å². The van der Waals surface area contributed by atoms with Gasteiger partial charge in [-0.15, -0.1) is 0 Å². The van der Waals surface area contributed by atoms with Crippen LogP contribution < -0.4 is 11.0 Å². The number of aliphatic hydroxyl groups excluding tert-OH is 1. The van der Waals surface area contributed by atoms with Crippen molar-refractivity contribution >= 4 is 20.2 Å². The molecule has 1 saturated heterocycles. The number of aromatic nitrogens is 2. The van der Waals surface area contributed by atoms with E-state index >= 15 is 0 Å². The Labute approximate surface area is 177 Å². The molecule has 1 aliphatic heterocycles. The molecule has 0 spiro atoms. The second-order valence-corrected chi connectivity index (χ2v) is 13.9. The summed E-state index contributed by atoms with van der Waals surface area (Å²) in [5.74, 6) is 0.00528. The molecule has 0 aromatic carbocycles. The first-order valence-corrected chi connectivity index (χ1v) is 12.8. The number of ether oxygens (including phenoxy) is 2. The molecule has 1 aromatic heterocycles.